The van der Waals surface area contributed by atoms with Gasteiger partial charge in [-0.25, -0.2) is 9.97 Å². The standard InChI is InChI=1S/C17H22N5O5PS/c1-3-26-12-5-4-6-13(7-12)29-16-14-15(20-17(18)21-16)22(9-19-14)8-11(2)27-10-28(23,24)25/h4-7,9,11H,3,8,10H2,1-2H3,(H2,18,20,21)(H2,23,24,25). The molecule has 2 aromatic heterocycles. The molecule has 0 aliphatic rings. The van der Waals surface area contributed by atoms with E-state index in [1.165, 1.54) is 11.8 Å². The van der Waals surface area contributed by atoms with E-state index in [9.17, 15) is 4.57 Å². The van der Waals surface area contributed by atoms with Gasteiger partial charge in [0.1, 0.15) is 22.6 Å². The number of nitrogens with zero attached hydrogens (tertiary/aromatic N) is 4. The first kappa shape index (κ1) is 21.5. The predicted molar refractivity (Wildman–Crippen MR) is 109 cm³/mol. The lowest BCUT2D eigenvalue weighted by molar-refractivity contribution is 0.0764. The monoisotopic (exact) mass is 439 g/mol. The number of benzene rings is 1. The van der Waals surface area contributed by atoms with E-state index in [0.29, 0.717) is 29.3 Å². The number of hydrogen-bond acceptors (Lipinski definition) is 8. The summed E-state index contributed by atoms with van der Waals surface area (Å²) in [5, 5.41) is 0.601. The summed E-state index contributed by atoms with van der Waals surface area (Å²) in [4.78, 5) is 31.8. The van der Waals surface area contributed by atoms with E-state index in [2.05, 4.69) is 15.0 Å². The molecule has 0 saturated heterocycles. The molecular weight excluding hydrogens is 417 g/mol. The molecule has 1 aromatic carbocycles. The third-order valence-electron chi connectivity index (χ3n) is 3.76. The fourth-order valence-electron chi connectivity index (χ4n) is 2.60. The molecule has 0 fully saturated rings. The molecule has 1 unspecified atom stereocenters. The Hall–Kier alpha value is -2.17. The van der Waals surface area contributed by atoms with Crippen molar-refractivity contribution in [3.63, 3.8) is 0 Å². The van der Waals surface area contributed by atoms with E-state index < -0.39 is 20.0 Å². The maximum absolute atomic E-state index is 11.0. The predicted octanol–water partition coefficient (Wildman–Crippen LogP) is 2.50. The summed E-state index contributed by atoms with van der Waals surface area (Å²) in [7, 11) is -4.23. The number of fused-ring (bicyclic) bond motifs is 1. The van der Waals surface area contributed by atoms with Crippen molar-refractivity contribution in [3.8, 4) is 5.75 Å². The Labute approximate surface area is 171 Å². The van der Waals surface area contributed by atoms with Crippen LogP contribution < -0.4 is 10.5 Å². The minimum atomic E-state index is -4.23. The maximum Gasteiger partial charge on any atom is 0.350 e. The quantitative estimate of drug-likeness (QED) is 0.336. The minimum absolute atomic E-state index is 0.103. The van der Waals surface area contributed by atoms with Gasteiger partial charge in [-0.1, -0.05) is 17.8 Å². The van der Waals surface area contributed by atoms with E-state index >= 15 is 0 Å². The molecule has 0 aliphatic heterocycles. The number of nitrogens with two attached hydrogens (primary N) is 1. The lowest BCUT2D eigenvalue weighted by Crippen LogP contribution is -2.17. The average Bonchev–Trinajstić information content (AvgIpc) is 3.03. The van der Waals surface area contributed by atoms with Crippen molar-refractivity contribution in [1.82, 2.24) is 19.5 Å². The molecule has 3 rings (SSSR count). The van der Waals surface area contributed by atoms with Crippen molar-refractivity contribution in [1.29, 1.82) is 0 Å². The Morgan fingerprint density at radius 3 is 2.86 bits per heavy atom. The van der Waals surface area contributed by atoms with Crippen LogP contribution in [0.25, 0.3) is 11.2 Å². The molecular formula is C17H22N5O5PS. The topological polar surface area (TPSA) is 146 Å². The number of imidazole rings is 1. The third kappa shape index (κ3) is 5.91. The first-order chi connectivity index (χ1) is 13.7. The Kier molecular flexibility index (Phi) is 6.76. The van der Waals surface area contributed by atoms with Crippen molar-refractivity contribution in [3.05, 3.63) is 30.6 Å². The molecule has 0 bridgehead atoms. The van der Waals surface area contributed by atoms with Gasteiger partial charge in [0, 0.05) is 4.90 Å². The van der Waals surface area contributed by atoms with Crippen LogP contribution in [0, 0.1) is 0 Å². The molecule has 2 heterocycles. The van der Waals surface area contributed by atoms with Gasteiger partial charge in [-0.05, 0) is 32.0 Å². The van der Waals surface area contributed by atoms with Crippen LogP contribution in [0.4, 0.5) is 5.95 Å². The molecule has 0 radical (unpaired) electrons. The van der Waals surface area contributed by atoms with E-state index in [1.807, 2.05) is 31.2 Å². The van der Waals surface area contributed by atoms with E-state index in [-0.39, 0.29) is 5.95 Å². The van der Waals surface area contributed by atoms with Gasteiger partial charge >= 0.3 is 7.60 Å². The highest BCUT2D eigenvalue weighted by Crippen LogP contribution is 2.35. The van der Waals surface area contributed by atoms with Crippen LogP contribution in [-0.4, -0.2) is 48.4 Å². The second-order valence-corrected chi connectivity index (χ2v) is 8.89. The third-order valence-corrected chi connectivity index (χ3v) is 5.21. The van der Waals surface area contributed by atoms with Crippen LogP contribution in [0.3, 0.4) is 0 Å². The second-order valence-electron chi connectivity index (χ2n) is 6.24. The molecule has 12 heteroatoms. The van der Waals surface area contributed by atoms with E-state index in [4.69, 9.17) is 25.0 Å². The first-order valence-corrected chi connectivity index (χ1v) is 11.4. The minimum Gasteiger partial charge on any atom is -0.494 e. The van der Waals surface area contributed by atoms with E-state index in [1.54, 1.807) is 17.8 Å². The smallest absolute Gasteiger partial charge is 0.350 e. The zero-order valence-corrected chi connectivity index (χ0v) is 17.6. The molecule has 4 N–H and O–H groups in total. The number of aromatic nitrogens is 4. The first-order valence-electron chi connectivity index (χ1n) is 8.80. The number of anilines is 1. The van der Waals surface area contributed by atoms with Gasteiger partial charge in [-0.3, -0.25) is 4.57 Å². The summed E-state index contributed by atoms with van der Waals surface area (Å²) in [5.41, 5.74) is 6.99. The molecule has 156 valence electrons. The number of hydrogen-bond donors (Lipinski definition) is 3. The molecule has 0 aliphatic carbocycles. The fourth-order valence-corrected chi connectivity index (χ4v) is 3.97. The van der Waals surface area contributed by atoms with Gasteiger partial charge < -0.3 is 29.6 Å². The van der Waals surface area contributed by atoms with Crippen LogP contribution in [0.1, 0.15) is 13.8 Å². The van der Waals surface area contributed by atoms with Crippen LogP contribution in [-0.2, 0) is 15.8 Å². The van der Waals surface area contributed by atoms with Crippen LogP contribution in [0.2, 0.25) is 0 Å². The van der Waals surface area contributed by atoms with Crippen molar-refractivity contribution >= 4 is 36.5 Å². The van der Waals surface area contributed by atoms with Gasteiger partial charge in [0.15, 0.2) is 5.65 Å². The Bertz CT molecular complexity index is 1040. The molecule has 1 atom stereocenters. The molecule has 29 heavy (non-hydrogen) atoms. The van der Waals surface area contributed by atoms with Crippen LogP contribution in [0.15, 0.2) is 40.5 Å². The maximum atomic E-state index is 11.0. The molecule has 0 amide bonds. The lowest BCUT2D eigenvalue weighted by atomic mass is 10.3. The van der Waals surface area contributed by atoms with Gasteiger partial charge in [0.2, 0.25) is 5.95 Å². The average molecular weight is 439 g/mol. The number of ether oxygens (including phenoxy) is 2. The summed E-state index contributed by atoms with van der Waals surface area (Å²) in [6, 6.07) is 7.62. The summed E-state index contributed by atoms with van der Waals surface area (Å²) in [5.74, 6) is 0.865. The highest BCUT2D eigenvalue weighted by molar-refractivity contribution is 7.99. The van der Waals surface area contributed by atoms with Gasteiger partial charge in [0.05, 0.1) is 25.6 Å². The number of rotatable bonds is 9. The highest BCUT2D eigenvalue weighted by atomic mass is 32.2. The highest BCUT2D eigenvalue weighted by Gasteiger charge is 2.18. The van der Waals surface area contributed by atoms with Gasteiger partial charge in [-0.15, -0.1) is 0 Å². The van der Waals surface area contributed by atoms with Crippen molar-refractivity contribution < 1.29 is 23.8 Å². The fraction of sp³-hybridized carbons (Fsp3) is 0.353. The van der Waals surface area contributed by atoms with Gasteiger partial charge in [-0.2, -0.15) is 4.98 Å². The van der Waals surface area contributed by atoms with Crippen molar-refractivity contribution in [2.24, 2.45) is 0 Å². The molecule has 0 spiro atoms. The van der Waals surface area contributed by atoms with Gasteiger partial charge in [0.25, 0.3) is 0 Å². The zero-order valence-electron chi connectivity index (χ0n) is 15.9. The van der Waals surface area contributed by atoms with Crippen LogP contribution >= 0.6 is 19.4 Å². The zero-order chi connectivity index (χ0) is 21.0. The van der Waals surface area contributed by atoms with Crippen molar-refractivity contribution in [2.45, 2.75) is 36.4 Å². The second kappa shape index (κ2) is 9.10. The summed E-state index contributed by atoms with van der Waals surface area (Å²) in [6.45, 7) is 4.51. The molecule has 0 saturated carbocycles. The summed E-state index contributed by atoms with van der Waals surface area (Å²) in [6.07, 6.45) is 0.474. The number of nitrogen functional groups attached to an aromatic ring is 1. The van der Waals surface area contributed by atoms with Crippen LogP contribution in [0.5, 0.6) is 5.75 Å². The van der Waals surface area contributed by atoms with E-state index in [0.717, 1.165) is 10.6 Å². The Morgan fingerprint density at radius 1 is 1.34 bits per heavy atom. The molecule has 10 nitrogen and oxygen atoms in total. The van der Waals surface area contributed by atoms with Crippen molar-refractivity contribution in [2.75, 3.05) is 18.7 Å². The normalized spacial score (nSPS) is 13.0. The summed E-state index contributed by atoms with van der Waals surface area (Å²) < 4.78 is 23.4. The summed E-state index contributed by atoms with van der Waals surface area (Å²) >= 11 is 1.40. The Balaban J connectivity index is 1.83. The SMILES string of the molecule is CCOc1cccc(Sc2nc(N)nc3c2ncn3CC(C)OCP(=O)(O)O)c1. The Morgan fingerprint density at radius 2 is 2.14 bits per heavy atom. The molecule has 3 aromatic rings. The largest absolute Gasteiger partial charge is 0.494 e. The lowest BCUT2D eigenvalue weighted by Gasteiger charge is -2.14.